The minimum atomic E-state index is -0.906. The Kier molecular flexibility index (Phi) is 11.9. The summed E-state index contributed by atoms with van der Waals surface area (Å²) in [6, 6.07) is 0. The fraction of sp³-hybridized carbons (Fsp3) is 0.833. The molecule has 2 rings (SSSR count). The van der Waals surface area contributed by atoms with Gasteiger partial charge in [0.25, 0.3) is 0 Å². The van der Waals surface area contributed by atoms with E-state index in [9.17, 15) is 19.8 Å². The van der Waals surface area contributed by atoms with E-state index in [-0.39, 0.29) is 44.2 Å². The Morgan fingerprint density at radius 2 is 1.11 bits per heavy atom. The minimum absolute atomic E-state index is 0. The predicted octanol–water partition coefficient (Wildman–Crippen LogP) is -0.705. The van der Waals surface area contributed by atoms with Crippen LogP contribution in [0, 0.1) is 11.8 Å². The molecular weight excluding hydrogens is 339 g/mol. The topological polar surface area (TPSA) is 110 Å². The monoisotopic (exact) mass is 358 g/mol. The summed E-state index contributed by atoms with van der Waals surface area (Å²) >= 11 is 0. The third kappa shape index (κ3) is 13.8. The molecule has 2 aliphatic carbocycles. The molecule has 0 heterocycles. The first-order chi connectivity index (χ1) is 7.58. The van der Waals surface area contributed by atoms with Crippen LogP contribution in [0.4, 0.5) is 0 Å². The average molecular weight is 358 g/mol. The number of carboxylic acid groups (broad SMARTS) is 2. The number of carbonyl (C=O) groups excluding carboxylic acids is 2. The van der Waals surface area contributed by atoms with E-state index in [1.165, 1.54) is 25.7 Å². The third-order valence-electron chi connectivity index (χ3n) is 2.91. The van der Waals surface area contributed by atoms with Crippen LogP contribution in [0.2, 0.25) is 0 Å². The van der Waals surface area contributed by atoms with E-state index in [2.05, 4.69) is 0 Å². The van der Waals surface area contributed by atoms with Crippen molar-refractivity contribution in [3.63, 3.8) is 0 Å². The summed E-state index contributed by atoms with van der Waals surface area (Å²) in [4.78, 5) is 19.6. The van der Waals surface area contributed by atoms with Gasteiger partial charge in [0.05, 0.1) is 0 Å². The molecule has 0 amide bonds. The molecule has 0 spiro atoms. The van der Waals surface area contributed by atoms with E-state index in [0.717, 1.165) is 12.8 Å². The Balaban J connectivity index is 0. The largest absolute Gasteiger partial charge is 3.00 e. The molecule has 1 N–H and O–H groups in total. The van der Waals surface area contributed by atoms with Crippen LogP contribution in [0.25, 0.3) is 0 Å². The molecule has 2 saturated carbocycles. The summed E-state index contributed by atoms with van der Waals surface area (Å²) in [5, 5.41) is 19.6. The van der Waals surface area contributed by atoms with Gasteiger partial charge in [0, 0.05) is 11.9 Å². The van der Waals surface area contributed by atoms with Gasteiger partial charge in [-0.25, -0.2) is 0 Å². The van der Waals surface area contributed by atoms with Gasteiger partial charge in [-0.05, 0) is 37.5 Å². The number of hydrogen-bond acceptors (Lipinski definition) is 5. The summed E-state index contributed by atoms with van der Waals surface area (Å²) in [5.41, 5.74) is 0. The van der Waals surface area contributed by atoms with Crippen LogP contribution in [-0.2, 0) is 9.59 Å². The van der Waals surface area contributed by atoms with E-state index in [0.29, 0.717) is 11.8 Å². The van der Waals surface area contributed by atoms with Crippen LogP contribution < -0.4 is 10.2 Å². The van der Waals surface area contributed by atoms with Crippen LogP contribution in [0.15, 0.2) is 0 Å². The number of rotatable bonds is 6. The third-order valence-corrected chi connectivity index (χ3v) is 2.91. The molecule has 0 saturated heterocycles. The summed E-state index contributed by atoms with van der Waals surface area (Å²) in [6.07, 6.45) is 7.10. The van der Waals surface area contributed by atoms with E-state index >= 15 is 0 Å². The van der Waals surface area contributed by atoms with E-state index < -0.39 is 11.9 Å². The molecule has 2 fully saturated rings. The molecule has 0 atom stereocenters. The molecule has 0 aliphatic heterocycles. The first-order valence-electron chi connectivity index (χ1n) is 5.97. The maximum Gasteiger partial charge on any atom is 3.00 e. The fourth-order valence-corrected chi connectivity index (χ4v) is 1.46. The van der Waals surface area contributed by atoms with Gasteiger partial charge in [-0.2, -0.15) is 0 Å². The van der Waals surface area contributed by atoms with Gasteiger partial charge < -0.3 is 25.3 Å². The smallest absolute Gasteiger partial charge is 0.870 e. The van der Waals surface area contributed by atoms with Crippen molar-refractivity contribution >= 4 is 37.8 Å². The van der Waals surface area contributed by atoms with Gasteiger partial charge in [0.1, 0.15) is 0 Å². The number of hydrogen-bond donors (Lipinski definition) is 0. The average Bonchev–Trinajstić information content (AvgIpc) is 3.06. The molecular formula is C12H19InO5. The molecule has 0 aromatic rings. The molecule has 100 valence electrons. The summed E-state index contributed by atoms with van der Waals surface area (Å²) in [6.45, 7) is 0. The summed E-state index contributed by atoms with van der Waals surface area (Å²) < 4.78 is 0. The second kappa shape index (κ2) is 10.7. The second-order valence-corrected chi connectivity index (χ2v) is 4.71. The van der Waals surface area contributed by atoms with Crippen molar-refractivity contribution in [2.24, 2.45) is 11.8 Å². The summed E-state index contributed by atoms with van der Waals surface area (Å²) in [5.74, 6) is -0.380. The number of aliphatic carboxylic acids is 2. The Labute approximate surface area is 126 Å². The molecule has 0 aromatic carbocycles. The van der Waals surface area contributed by atoms with Crippen molar-refractivity contribution in [3.8, 4) is 0 Å². The SMILES string of the molecule is O=C([O-])CCC1CC1.O=C([O-])CCC1CC1.[In+3].[OH-]. The molecule has 0 unspecified atom stereocenters. The Morgan fingerprint density at radius 3 is 1.28 bits per heavy atom. The predicted molar refractivity (Wildman–Crippen MR) is 61.6 cm³/mol. The van der Waals surface area contributed by atoms with Gasteiger partial charge >= 0.3 is 25.8 Å². The zero-order valence-corrected chi connectivity index (χ0v) is 13.8. The van der Waals surface area contributed by atoms with E-state index in [1.807, 2.05) is 0 Å². The zero-order chi connectivity index (χ0) is 12.0. The Hall–Kier alpha value is -0.230. The zero-order valence-electron chi connectivity index (χ0n) is 10.5. The van der Waals surface area contributed by atoms with Crippen LogP contribution >= 0.6 is 0 Å². The molecule has 0 bridgehead atoms. The second-order valence-electron chi connectivity index (χ2n) is 4.71. The van der Waals surface area contributed by atoms with Crippen molar-refractivity contribution in [2.45, 2.75) is 51.4 Å². The van der Waals surface area contributed by atoms with Crippen LogP contribution in [0.3, 0.4) is 0 Å². The van der Waals surface area contributed by atoms with E-state index in [1.54, 1.807) is 0 Å². The molecule has 5 nitrogen and oxygen atoms in total. The fourth-order valence-electron chi connectivity index (χ4n) is 1.46. The Bertz CT molecular complexity index is 223. The van der Waals surface area contributed by atoms with Gasteiger partial charge in [-0.1, -0.05) is 25.7 Å². The maximum atomic E-state index is 9.82. The number of carbonyl (C=O) groups is 2. The standard InChI is InChI=1S/2C6H10O2.In.H2O/c2*7-6(8)4-3-5-1-2-5;;/h2*5H,1-4H2,(H,7,8);;1H2/q;;+3;/p-3. The molecule has 6 heteroatoms. The van der Waals surface area contributed by atoms with Crippen molar-refractivity contribution < 1.29 is 25.3 Å². The Morgan fingerprint density at radius 1 is 0.833 bits per heavy atom. The van der Waals surface area contributed by atoms with Crippen molar-refractivity contribution in [1.29, 1.82) is 0 Å². The van der Waals surface area contributed by atoms with Gasteiger partial charge in [0.15, 0.2) is 0 Å². The first kappa shape index (κ1) is 20.1. The number of carboxylic acids is 2. The van der Waals surface area contributed by atoms with Crippen molar-refractivity contribution in [1.82, 2.24) is 0 Å². The maximum absolute atomic E-state index is 9.82. The van der Waals surface area contributed by atoms with Crippen LogP contribution in [0.1, 0.15) is 51.4 Å². The first-order valence-corrected chi connectivity index (χ1v) is 5.97. The van der Waals surface area contributed by atoms with E-state index in [4.69, 9.17) is 0 Å². The van der Waals surface area contributed by atoms with Crippen molar-refractivity contribution in [2.75, 3.05) is 0 Å². The molecule has 18 heavy (non-hydrogen) atoms. The summed E-state index contributed by atoms with van der Waals surface area (Å²) in [7, 11) is 0. The molecule has 0 radical (unpaired) electrons. The van der Waals surface area contributed by atoms with Crippen LogP contribution in [-0.4, -0.2) is 43.3 Å². The van der Waals surface area contributed by atoms with Gasteiger partial charge in [-0.3, -0.25) is 0 Å². The minimum Gasteiger partial charge on any atom is -0.870 e. The van der Waals surface area contributed by atoms with Gasteiger partial charge in [-0.15, -0.1) is 0 Å². The molecule has 0 aromatic heterocycles. The quantitative estimate of drug-likeness (QED) is 0.623. The van der Waals surface area contributed by atoms with Crippen molar-refractivity contribution in [3.05, 3.63) is 0 Å². The van der Waals surface area contributed by atoms with Gasteiger partial charge in [0.2, 0.25) is 0 Å². The normalized spacial score (nSPS) is 16.4. The molecule has 2 aliphatic rings. The van der Waals surface area contributed by atoms with Crippen LogP contribution in [0.5, 0.6) is 0 Å².